The van der Waals surface area contributed by atoms with Crippen molar-refractivity contribution in [1.82, 2.24) is 14.9 Å². The van der Waals surface area contributed by atoms with E-state index in [0.717, 1.165) is 18.2 Å². The Morgan fingerprint density at radius 2 is 1.87 bits per heavy atom. The molecular weight excluding hydrogens is 589 g/mol. The van der Waals surface area contributed by atoms with Gasteiger partial charge in [-0.05, 0) is 70.7 Å². The van der Waals surface area contributed by atoms with Crippen LogP contribution < -0.4 is 24.8 Å². The maximum absolute atomic E-state index is 13.4. The number of rotatable bonds is 13. The normalized spacial score (nSPS) is 11.3. The summed E-state index contributed by atoms with van der Waals surface area (Å²) in [5, 5.41) is 16.2. The van der Waals surface area contributed by atoms with Gasteiger partial charge in [-0.2, -0.15) is 5.26 Å². The highest BCUT2D eigenvalue weighted by Crippen LogP contribution is 2.39. The van der Waals surface area contributed by atoms with Gasteiger partial charge in [0.15, 0.2) is 11.5 Å². The first-order valence-electron chi connectivity index (χ1n) is 14.1. The fraction of sp³-hybridized carbons (Fsp3) is 0.312. The second kappa shape index (κ2) is 14.6. The van der Waals surface area contributed by atoms with E-state index in [1.807, 2.05) is 32.0 Å². The van der Waals surface area contributed by atoms with Crippen LogP contribution in [0.4, 0.5) is 30.2 Å². The first-order valence-corrected chi connectivity index (χ1v) is 14.1. The number of halogens is 3. The number of hydrogen-bond donors (Lipinski definition) is 2. The van der Waals surface area contributed by atoms with Crippen LogP contribution in [-0.4, -0.2) is 54.4 Å². The molecule has 0 bridgehead atoms. The molecule has 45 heavy (non-hydrogen) atoms. The van der Waals surface area contributed by atoms with Crippen LogP contribution in [0.25, 0.3) is 10.9 Å². The Balaban J connectivity index is 1.70. The SMILES string of the molecule is CCOc1cc2ncc(C#N)c(Nc3ccc(OCc4ncccc4C)c(OC(F)(F)F)c3)c2cc1NC(=O)CCCN(C)C. The molecule has 1 amide bonds. The van der Waals surface area contributed by atoms with Crippen LogP contribution in [0.5, 0.6) is 17.2 Å². The van der Waals surface area contributed by atoms with Crippen molar-refractivity contribution in [3.8, 4) is 23.3 Å². The lowest BCUT2D eigenvalue weighted by Crippen LogP contribution is -2.18. The minimum Gasteiger partial charge on any atom is -0.492 e. The number of alkyl halides is 3. The van der Waals surface area contributed by atoms with Crippen molar-refractivity contribution in [2.45, 2.75) is 39.7 Å². The zero-order valence-electron chi connectivity index (χ0n) is 25.3. The molecule has 0 saturated heterocycles. The van der Waals surface area contributed by atoms with E-state index in [4.69, 9.17) is 9.47 Å². The third-order valence-corrected chi connectivity index (χ3v) is 6.59. The molecule has 0 fully saturated rings. The number of aryl methyl sites for hydroxylation is 1. The number of hydrogen-bond acceptors (Lipinski definition) is 9. The molecule has 2 N–H and O–H groups in total. The van der Waals surface area contributed by atoms with Gasteiger partial charge >= 0.3 is 6.36 Å². The van der Waals surface area contributed by atoms with Crippen LogP contribution in [0.3, 0.4) is 0 Å². The molecule has 0 aliphatic carbocycles. The van der Waals surface area contributed by atoms with Crippen LogP contribution in [0, 0.1) is 18.3 Å². The molecule has 2 aromatic carbocycles. The molecule has 0 saturated carbocycles. The lowest BCUT2D eigenvalue weighted by atomic mass is 10.1. The van der Waals surface area contributed by atoms with Crippen molar-refractivity contribution in [2.75, 3.05) is 37.9 Å². The zero-order chi connectivity index (χ0) is 32.6. The number of benzene rings is 2. The standard InChI is InChI=1S/C32H33F3N6O4/c1-5-43-28-16-24-23(15-25(28)40-30(42)9-7-13-41(3)4)31(21(17-36)18-38-24)39-22-10-11-27(29(14-22)45-32(33,34)35)44-19-26-20(2)8-6-12-37-26/h6,8,10-12,14-16,18H,5,7,9,13,19H2,1-4H3,(H,38,39)(H,40,42). The number of fused-ring (bicyclic) bond motifs is 1. The van der Waals surface area contributed by atoms with E-state index in [0.29, 0.717) is 41.1 Å². The van der Waals surface area contributed by atoms with E-state index in [9.17, 15) is 23.2 Å². The quantitative estimate of drug-likeness (QED) is 0.168. The van der Waals surface area contributed by atoms with Gasteiger partial charge in [0.25, 0.3) is 0 Å². The number of nitrogens with zero attached hydrogens (tertiary/aromatic N) is 4. The van der Waals surface area contributed by atoms with Crippen molar-refractivity contribution >= 4 is 33.9 Å². The summed E-state index contributed by atoms with van der Waals surface area (Å²) in [7, 11) is 3.84. The molecule has 0 radical (unpaired) electrons. The van der Waals surface area contributed by atoms with E-state index >= 15 is 0 Å². The number of carbonyl (C=O) groups is 1. The van der Waals surface area contributed by atoms with Gasteiger partial charge in [-0.3, -0.25) is 14.8 Å². The maximum Gasteiger partial charge on any atom is 0.573 e. The summed E-state index contributed by atoms with van der Waals surface area (Å²) in [4.78, 5) is 23.3. The van der Waals surface area contributed by atoms with E-state index in [-0.39, 0.29) is 41.6 Å². The monoisotopic (exact) mass is 622 g/mol. The summed E-state index contributed by atoms with van der Waals surface area (Å²) >= 11 is 0. The average molecular weight is 623 g/mol. The molecule has 2 aromatic heterocycles. The van der Waals surface area contributed by atoms with Gasteiger partial charge in [-0.15, -0.1) is 13.2 Å². The fourth-order valence-corrected chi connectivity index (χ4v) is 4.45. The molecule has 2 heterocycles. The smallest absolute Gasteiger partial charge is 0.492 e. The number of aromatic nitrogens is 2. The number of ether oxygens (including phenoxy) is 3. The van der Waals surface area contributed by atoms with Crippen LogP contribution in [0.2, 0.25) is 0 Å². The number of anilines is 3. The van der Waals surface area contributed by atoms with Gasteiger partial charge < -0.3 is 29.7 Å². The van der Waals surface area contributed by atoms with Gasteiger partial charge in [0.2, 0.25) is 5.91 Å². The molecular formula is C32H33F3N6O4. The van der Waals surface area contributed by atoms with E-state index in [1.165, 1.54) is 18.3 Å². The molecule has 4 rings (SSSR count). The number of amides is 1. The van der Waals surface area contributed by atoms with Crippen LogP contribution >= 0.6 is 0 Å². The molecule has 0 aliphatic rings. The molecule has 4 aromatic rings. The average Bonchev–Trinajstić information content (AvgIpc) is 2.97. The predicted molar refractivity (Wildman–Crippen MR) is 164 cm³/mol. The zero-order valence-corrected chi connectivity index (χ0v) is 25.3. The van der Waals surface area contributed by atoms with E-state index in [2.05, 4.69) is 31.4 Å². The van der Waals surface area contributed by atoms with Crippen molar-refractivity contribution in [3.63, 3.8) is 0 Å². The van der Waals surface area contributed by atoms with Crippen LogP contribution in [0.1, 0.15) is 36.6 Å². The topological polar surface area (TPSA) is 122 Å². The van der Waals surface area contributed by atoms with Crippen molar-refractivity contribution in [2.24, 2.45) is 0 Å². The molecule has 0 spiro atoms. The van der Waals surface area contributed by atoms with Crippen molar-refractivity contribution < 1.29 is 32.2 Å². The molecule has 0 aliphatic heterocycles. The minimum atomic E-state index is -4.99. The highest BCUT2D eigenvalue weighted by molar-refractivity contribution is 6.02. The largest absolute Gasteiger partial charge is 0.573 e. The lowest BCUT2D eigenvalue weighted by molar-refractivity contribution is -0.275. The number of pyridine rings is 2. The van der Waals surface area contributed by atoms with E-state index < -0.39 is 12.1 Å². The Morgan fingerprint density at radius 1 is 1.07 bits per heavy atom. The lowest BCUT2D eigenvalue weighted by Gasteiger charge is -2.18. The molecule has 13 heteroatoms. The summed E-state index contributed by atoms with van der Waals surface area (Å²) in [5.41, 5.74) is 2.76. The minimum absolute atomic E-state index is 0.0763. The van der Waals surface area contributed by atoms with E-state index in [1.54, 1.807) is 31.3 Å². The highest BCUT2D eigenvalue weighted by Gasteiger charge is 2.33. The van der Waals surface area contributed by atoms with Gasteiger partial charge in [0.05, 0.1) is 34.8 Å². The van der Waals surface area contributed by atoms with Crippen molar-refractivity contribution in [3.05, 3.63) is 71.7 Å². The van der Waals surface area contributed by atoms with Gasteiger partial charge in [0.1, 0.15) is 18.4 Å². The molecule has 10 nitrogen and oxygen atoms in total. The Morgan fingerprint density at radius 3 is 2.56 bits per heavy atom. The Hall–Kier alpha value is -5.09. The third kappa shape index (κ3) is 8.96. The first-order chi connectivity index (χ1) is 21.5. The first kappa shape index (κ1) is 32.8. The summed E-state index contributed by atoms with van der Waals surface area (Å²) in [6.07, 6.45) is -1.16. The molecule has 0 atom stereocenters. The maximum atomic E-state index is 13.4. The number of nitriles is 1. The number of carbonyl (C=O) groups excluding carboxylic acids is 1. The van der Waals surface area contributed by atoms with Crippen LogP contribution in [0.15, 0.2) is 54.9 Å². The van der Waals surface area contributed by atoms with Gasteiger partial charge in [0, 0.05) is 42.0 Å². The Kier molecular flexibility index (Phi) is 10.6. The summed E-state index contributed by atoms with van der Waals surface area (Å²) in [6.45, 7) is 4.61. The fourth-order valence-electron chi connectivity index (χ4n) is 4.45. The van der Waals surface area contributed by atoms with Crippen molar-refractivity contribution in [1.29, 1.82) is 5.26 Å². The second-order valence-electron chi connectivity index (χ2n) is 10.3. The summed E-state index contributed by atoms with van der Waals surface area (Å²) in [6, 6.07) is 12.9. The predicted octanol–water partition coefficient (Wildman–Crippen LogP) is 6.71. The third-order valence-electron chi connectivity index (χ3n) is 6.59. The highest BCUT2D eigenvalue weighted by atomic mass is 19.4. The summed E-state index contributed by atoms with van der Waals surface area (Å²) in [5.74, 6) is -0.563. The molecule has 0 unspecified atom stereocenters. The molecule has 236 valence electrons. The Labute approximate surface area is 258 Å². The van der Waals surface area contributed by atoms with Crippen LogP contribution in [-0.2, 0) is 11.4 Å². The second-order valence-corrected chi connectivity index (χ2v) is 10.3. The van der Waals surface area contributed by atoms with Gasteiger partial charge in [-0.1, -0.05) is 6.07 Å². The number of nitrogens with one attached hydrogen (secondary N) is 2. The Bertz CT molecular complexity index is 1710. The van der Waals surface area contributed by atoms with Gasteiger partial charge in [-0.25, -0.2) is 0 Å². The summed E-state index contributed by atoms with van der Waals surface area (Å²) < 4.78 is 55.9.